The van der Waals surface area contributed by atoms with Crippen LogP contribution < -0.4 is 0 Å². The van der Waals surface area contributed by atoms with Crippen LogP contribution in [0.1, 0.15) is 42.7 Å². The van der Waals surface area contributed by atoms with Crippen LogP contribution in [0.15, 0.2) is 49.1 Å². The Labute approximate surface area is 148 Å². The van der Waals surface area contributed by atoms with Crippen molar-refractivity contribution in [1.82, 2.24) is 0 Å². The lowest BCUT2D eigenvalue weighted by Crippen LogP contribution is -2.12. The predicted molar refractivity (Wildman–Crippen MR) is 97.4 cm³/mol. The smallest absolute Gasteiger partial charge is 0.132 e. The first-order valence-electron chi connectivity index (χ1n) is 8.82. The van der Waals surface area contributed by atoms with Crippen LogP contribution in [-0.2, 0) is 11.3 Å². The SMILES string of the molecule is C=CC1CCC(c2ccccc2-c2cc(F)c(COC)c(F)c2)CC1. The van der Waals surface area contributed by atoms with Crippen molar-refractivity contribution in [3.8, 4) is 11.1 Å². The van der Waals surface area contributed by atoms with Crippen LogP contribution in [0.25, 0.3) is 11.1 Å². The summed E-state index contributed by atoms with van der Waals surface area (Å²) in [5.41, 5.74) is 2.68. The number of hydrogen-bond acceptors (Lipinski definition) is 1. The molecule has 1 aliphatic rings. The number of allylic oxidation sites excluding steroid dienone is 1. The largest absolute Gasteiger partial charge is 0.380 e. The molecule has 132 valence electrons. The van der Waals surface area contributed by atoms with Gasteiger partial charge in [0.2, 0.25) is 0 Å². The third-order valence-electron chi connectivity index (χ3n) is 5.25. The zero-order chi connectivity index (χ0) is 17.8. The first-order valence-corrected chi connectivity index (χ1v) is 8.82. The van der Waals surface area contributed by atoms with Gasteiger partial charge in [-0.25, -0.2) is 8.78 Å². The molecule has 1 aliphatic carbocycles. The van der Waals surface area contributed by atoms with Crippen LogP contribution in [0.5, 0.6) is 0 Å². The second kappa shape index (κ2) is 7.92. The van der Waals surface area contributed by atoms with E-state index < -0.39 is 11.6 Å². The first kappa shape index (κ1) is 17.8. The fraction of sp³-hybridized carbons (Fsp3) is 0.364. The highest BCUT2D eigenvalue weighted by Crippen LogP contribution is 2.40. The molecule has 0 N–H and O–H groups in total. The van der Waals surface area contributed by atoms with E-state index in [-0.39, 0.29) is 12.2 Å². The average Bonchev–Trinajstić information content (AvgIpc) is 2.64. The number of halogens is 2. The standard InChI is InChI=1S/C22H24F2O/c1-3-15-8-10-16(11-9-15)18-6-4-5-7-19(18)17-12-21(23)20(14-25-2)22(24)13-17/h3-7,12-13,15-16H,1,8-11,14H2,2H3. The molecule has 1 saturated carbocycles. The Morgan fingerprint density at radius 1 is 1.08 bits per heavy atom. The van der Waals surface area contributed by atoms with Crippen LogP contribution in [-0.4, -0.2) is 7.11 Å². The second-order valence-corrected chi connectivity index (χ2v) is 6.79. The Morgan fingerprint density at radius 2 is 1.72 bits per heavy atom. The van der Waals surface area contributed by atoms with E-state index in [2.05, 4.69) is 12.6 Å². The summed E-state index contributed by atoms with van der Waals surface area (Å²) < 4.78 is 33.5. The van der Waals surface area contributed by atoms with Crippen molar-refractivity contribution >= 4 is 0 Å². The molecular weight excluding hydrogens is 318 g/mol. The van der Waals surface area contributed by atoms with E-state index in [1.54, 1.807) is 0 Å². The Bertz CT molecular complexity index is 722. The maximum Gasteiger partial charge on any atom is 0.132 e. The molecule has 0 saturated heterocycles. The first-order chi connectivity index (χ1) is 12.1. The number of ether oxygens (including phenoxy) is 1. The maximum absolute atomic E-state index is 14.3. The highest BCUT2D eigenvalue weighted by Gasteiger charge is 2.23. The summed E-state index contributed by atoms with van der Waals surface area (Å²) >= 11 is 0. The summed E-state index contributed by atoms with van der Waals surface area (Å²) in [6.45, 7) is 3.83. The minimum atomic E-state index is -0.554. The van der Waals surface area contributed by atoms with Gasteiger partial charge in [0.25, 0.3) is 0 Å². The fourth-order valence-electron chi connectivity index (χ4n) is 3.82. The lowest BCUT2D eigenvalue weighted by atomic mass is 9.77. The van der Waals surface area contributed by atoms with Gasteiger partial charge >= 0.3 is 0 Å². The van der Waals surface area contributed by atoms with Gasteiger partial charge in [0.1, 0.15) is 11.6 Å². The number of benzene rings is 2. The highest BCUT2D eigenvalue weighted by atomic mass is 19.1. The summed E-state index contributed by atoms with van der Waals surface area (Å²) in [5.74, 6) is -0.0900. The molecule has 2 aromatic carbocycles. The summed E-state index contributed by atoms with van der Waals surface area (Å²) in [7, 11) is 1.43. The van der Waals surface area contributed by atoms with E-state index in [1.807, 2.05) is 24.3 Å². The van der Waals surface area contributed by atoms with E-state index in [9.17, 15) is 8.78 Å². The minimum Gasteiger partial charge on any atom is -0.380 e. The van der Waals surface area contributed by atoms with Gasteiger partial charge in [0.05, 0.1) is 6.61 Å². The molecule has 2 aromatic rings. The molecular formula is C22H24F2O. The van der Waals surface area contributed by atoms with Gasteiger partial charge in [-0.1, -0.05) is 30.3 Å². The van der Waals surface area contributed by atoms with E-state index in [0.29, 0.717) is 17.4 Å². The molecule has 0 unspecified atom stereocenters. The number of methoxy groups -OCH3 is 1. The molecule has 1 nitrogen and oxygen atoms in total. The molecule has 3 rings (SSSR count). The van der Waals surface area contributed by atoms with Crippen molar-refractivity contribution in [2.24, 2.45) is 5.92 Å². The molecule has 0 atom stereocenters. The van der Waals surface area contributed by atoms with Crippen LogP contribution in [0.3, 0.4) is 0 Å². The normalized spacial score (nSPS) is 20.4. The van der Waals surface area contributed by atoms with Gasteiger partial charge in [-0.2, -0.15) is 0 Å². The van der Waals surface area contributed by atoms with Crippen LogP contribution in [0.2, 0.25) is 0 Å². The van der Waals surface area contributed by atoms with Gasteiger partial charge < -0.3 is 4.74 Å². The highest BCUT2D eigenvalue weighted by molar-refractivity contribution is 5.68. The van der Waals surface area contributed by atoms with Gasteiger partial charge in [-0.3, -0.25) is 0 Å². The molecule has 0 aliphatic heterocycles. The molecule has 1 fully saturated rings. The van der Waals surface area contributed by atoms with Crippen LogP contribution in [0.4, 0.5) is 8.78 Å². The van der Waals surface area contributed by atoms with E-state index >= 15 is 0 Å². The topological polar surface area (TPSA) is 9.23 Å². The van der Waals surface area contributed by atoms with Crippen LogP contribution in [0, 0.1) is 17.6 Å². The molecule has 0 radical (unpaired) electrons. The third-order valence-corrected chi connectivity index (χ3v) is 5.25. The van der Waals surface area contributed by atoms with Gasteiger partial charge in [-0.15, -0.1) is 6.58 Å². The summed E-state index contributed by atoms with van der Waals surface area (Å²) in [6.07, 6.45) is 6.46. The zero-order valence-electron chi connectivity index (χ0n) is 14.6. The van der Waals surface area contributed by atoms with Crippen molar-refractivity contribution < 1.29 is 13.5 Å². The van der Waals surface area contributed by atoms with E-state index in [0.717, 1.165) is 31.2 Å². The lowest BCUT2D eigenvalue weighted by molar-refractivity contribution is 0.177. The van der Waals surface area contributed by atoms with Crippen LogP contribution >= 0.6 is 0 Å². The van der Waals surface area contributed by atoms with Crippen molar-refractivity contribution in [2.75, 3.05) is 7.11 Å². The van der Waals surface area contributed by atoms with E-state index in [1.165, 1.54) is 24.8 Å². The van der Waals surface area contributed by atoms with Gasteiger partial charge in [0, 0.05) is 12.7 Å². The molecule has 3 heteroatoms. The number of rotatable bonds is 5. The summed E-state index contributed by atoms with van der Waals surface area (Å²) in [4.78, 5) is 0. The molecule has 25 heavy (non-hydrogen) atoms. The van der Waals surface area contributed by atoms with Gasteiger partial charge in [0.15, 0.2) is 0 Å². The monoisotopic (exact) mass is 342 g/mol. The quantitative estimate of drug-likeness (QED) is 0.585. The summed E-state index contributed by atoms with van der Waals surface area (Å²) in [6, 6.07) is 10.8. The Balaban J connectivity index is 1.95. The Hall–Kier alpha value is -2.00. The lowest BCUT2D eigenvalue weighted by Gasteiger charge is -2.28. The van der Waals surface area contributed by atoms with E-state index in [4.69, 9.17) is 4.74 Å². The summed E-state index contributed by atoms with van der Waals surface area (Å²) in [5, 5.41) is 0. The average molecular weight is 342 g/mol. The molecule has 0 amide bonds. The van der Waals surface area contributed by atoms with Crippen molar-refractivity contribution in [2.45, 2.75) is 38.2 Å². The fourth-order valence-corrected chi connectivity index (χ4v) is 3.82. The van der Waals surface area contributed by atoms with Crippen molar-refractivity contribution in [3.63, 3.8) is 0 Å². The minimum absolute atomic E-state index is 0.0183. The third kappa shape index (κ3) is 3.82. The Kier molecular flexibility index (Phi) is 5.64. The second-order valence-electron chi connectivity index (χ2n) is 6.79. The number of hydrogen-bond donors (Lipinski definition) is 0. The zero-order valence-corrected chi connectivity index (χ0v) is 14.6. The maximum atomic E-state index is 14.3. The molecule has 0 spiro atoms. The molecule has 0 bridgehead atoms. The van der Waals surface area contributed by atoms with Gasteiger partial charge in [-0.05, 0) is 66.3 Å². The molecule has 0 heterocycles. The van der Waals surface area contributed by atoms with Crippen molar-refractivity contribution in [1.29, 1.82) is 0 Å². The molecule has 0 aromatic heterocycles. The van der Waals surface area contributed by atoms with Crippen molar-refractivity contribution in [3.05, 3.63) is 71.8 Å². The Morgan fingerprint density at radius 3 is 2.32 bits per heavy atom. The predicted octanol–water partition coefficient (Wildman–Crippen LogP) is 6.24.